The van der Waals surface area contributed by atoms with E-state index >= 15 is 0 Å². The highest BCUT2D eigenvalue weighted by Crippen LogP contribution is 2.31. The molecular formula is C11H12Cl3N5O2. The molecule has 2 rings (SSSR count). The molecule has 10 heteroatoms. The zero-order valence-corrected chi connectivity index (χ0v) is 13.1. The Morgan fingerprint density at radius 3 is 2.33 bits per heavy atom. The van der Waals surface area contributed by atoms with Crippen LogP contribution in [0.3, 0.4) is 0 Å². The van der Waals surface area contributed by atoms with Crippen LogP contribution in [-0.4, -0.2) is 37.7 Å². The molecule has 1 aromatic heterocycles. The zero-order chi connectivity index (χ0) is 15.4. The second kappa shape index (κ2) is 7.11. The molecule has 0 atom stereocenters. The van der Waals surface area contributed by atoms with E-state index in [0.29, 0.717) is 13.1 Å². The number of nitro groups is 1. The topological polar surface area (TPSA) is 77.1 Å². The molecule has 0 amide bonds. The van der Waals surface area contributed by atoms with Gasteiger partial charge in [0.2, 0.25) is 5.82 Å². The number of nitrogens with zero attached hydrogens (tertiary/aromatic N) is 5. The lowest BCUT2D eigenvalue weighted by molar-refractivity contribution is -0.419. The maximum atomic E-state index is 11.4. The summed E-state index contributed by atoms with van der Waals surface area (Å²) in [6.07, 6.45) is 5.61. The number of hydrogen-bond donors (Lipinski definition) is 0. The predicted octanol–water partition coefficient (Wildman–Crippen LogP) is 3.05. The SMILES string of the molecule is O=[N+]([O-])/C(C(Cl)=C(Cl)Cl)=C(\N1CCCCC1)n1cncn1. The second-order valence-corrected chi connectivity index (χ2v) is 5.72. The van der Waals surface area contributed by atoms with Gasteiger partial charge in [-0.1, -0.05) is 34.8 Å². The quantitative estimate of drug-likeness (QED) is 0.473. The molecule has 2 heterocycles. The maximum Gasteiger partial charge on any atom is 0.332 e. The van der Waals surface area contributed by atoms with Crippen LogP contribution in [-0.2, 0) is 0 Å². The van der Waals surface area contributed by atoms with Gasteiger partial charge in [0.05, 0.1) is 4.92 Å². The minimum absolute atomic E-state index is 0.223. The van der Waals surface area contributed by atoms with E-state index in [0.717, 1.165) is 19.3 Å². The van der Waals surface area contributed by atoms with Gasteiger partial charge in [0.25, 0.3) is 0 Å². The van der Waals surface area contributed by atoms with E-state index in [1.165, 1.54) is 17.3 Å². The van der Waals surface area contributed by atoms with Crippen molar-refractivity contribution in [3.63, 3.8) is 0 Å². The van der Waals surface area contributed by atoms with Crippen LogP contribution >= 0.6 is 34.8 Å². The number of aromatic nitrogens is 3. The minimum Gasteiger partial charge on any atom is -0.351 e. The minimum atomic E-state index is -0.612. The van der Waals surface area contributed by atoms with E-state index in [1.54, 1.807) is 0 Å². The summed E-state index contributed by atoms with van der Waals surface area (Å²) in [6.45, 7) is 1.33. The summed E-state index contributed by atoms with van der Waals surface area (Å²) in [4.78, 5) is 16.5. The third-order valence-corrected chi connectivity index (χ3v) is 4.00. The molecule has 1 aliphatic heterocycles. The molecule has 1 saturated heterocycles. The number of rotatable bonds is 4. The van der Waals surface area contributed by atoms with Crippen LogP contribution in [0.2, 0.25) is 0 Å². The van der Waals surface area contributed by atoms with Crippen molar-refractivity contribution < 1.29 is 4.92 Å². The van der Waals surface area contributed by atoms with Crippen LogP contribution < -0.4 is 0 Å². The maximum absolute atomic E-state index is 11.4. The van der Waals surface area contributed by atoms with Crippen molar-refractivity contribution in [1.29, 1.82) is 0 Å². The van der Waals surface area contributed by atoms with Gasteiger partial charge in [-0.05, 0) is 19.3 Å². The lowest BCUT2D eigenvalue weighted by Crippen LogP contribution is -2.33. The van der Waals surface area contributed by atoms with Gasteiger partial charge in [0, 0.05) is 13.1 Å². The number of hydrogen-bond acceptors (Lipinski definition) is 5. The zero-order valence-electron chi connectivity index (χ0n) is 10.9. The van der Waals surface area contributed by atoms with Gasteiger partial charge in [-0.3, -0.25) is 10.1 Å². The summed E-state index contributed by atoms with van der Waals surface area (Å²) in [5.74, 6) is 0.223. The van der Waals surface area contributed by atoms with Crippen molar-refractivity contribution in [2.24, 2.45) is 0 Å². The van der Waals surface area contributed by atoms with E-state index in [1.807, 2.05) is 4.90 Å². The molecule has 21 heavy (non-hydrogen) atoms. The molecule has 0 saturated carbocycles. The largest absolute Gasteiger partial charge is 0.351 e. The Kier molecular flexibility index (Phi) is 5.44. The lowest BCUT2D eigenvalue weighted by atomic mass is 10.1. The standard InChI is InChI=1S/C11H12Cl3N5O2/c12-8(10(13)14)9(19(20)21)11(18-7-15-6-16-18)17-4-2-1-3-5-17/h6-7H,1-5H2/b11-9+. The molecule has 0 aromatic carbocycles. The monoisotopic (exact) mass is 351 g/mol. The summed E-state index contributed by atoms with van der Waals surface area (Å²) in [5, 5.41) is 15.1. The first-order chi connectivity index (χ1) is 10.0. The molecule has 0 spiro atoms. The third kappa shape index (κ3) is 3.66. The Morgan fingerprint density at radius 1 is 1.19 bits per heavy atom. The van der Waals surface area contributed by atoms with Crippen LogP contribution in [0.15, 0.2) is 27.9 Å². The average molecular weight is 353 g/mol. The van der Waals surface area contributed by atoms with Crippen molar-refractivity contribution in [3.05, 3.63) is 38.0 Å². The lowest BCUT2D eigenvalue weighted by Gasteiger charge is -2.29. The van der Waals surface area contributed by atoms with Crippen LogP contribution in [0.4, 0.5) is 0 Å². The van der Waals surface area contributed by atoms with E-state index in [4.69, 9.17) is 34.8 Å². The van der Waals surface area contributed by atoms with Crippen molar-refractivity contribution in [3.8, 4) is 0 Å². The van der Waals surface area contributed by atoms with Gasteiger partial charge in [-0.15, -0.1) is 0 Å². The number of likely N-dealkylation sites (tertiary alicyclic amines) is 1. The van der Waals surface area contributed by atoms with Crippen molar-refractivity contribution in [2.45, 2.75) is 19.3 Å². The van der Waals surface area contributed by atoms with Crippen molar-refractivity contribution in [2.75, 3.05) is 13.1 Å². The van der Waals surface area contributed by atoms with Crippen LogP contribution in [0.5, 0.6) is 0 Å². The first kappa shape index (κ1) is 16.1. The summed E-state index contributed by atoms with van der Waals surface area (Å²) in [5.41, 5.74) is -0.385. The molecule has 7 nitrogen and oxygen atoms in total. The number of halogens is 3. The fourth-order valence-electron chi connectivity index (χ4n) is 2.18. The van der Waals surface area contributed by atoms with Crippen LogP contribution in [0.1, 0.15) is 19.3 Å². The van der Waals surface area contributed by atoms with Gasteiger partial charge in [0.1, 0.15) is 17.1 Å². The Balaban J connectivity index is 2.62. The molecule has 0 radical (unpaired) electrons. The highest BCUT2D eigenvalue weighted by atomic mass is 35.5. The van der Waals surface area contributed by atoms with Gasteiger partial charge in [-0.2, -0.15) is 9.78 Å². The summed E-state index contributed by atoms with van der Waals surface area (Å²) >= 11 is 17.2. The normalized spacial score (nSPS) is 16.4. The molecule has 114 valence electrons. The summed E-state index contributed by atoms with van der Waals surface area (Å²) in [7, 11) is 0. The first-order valence-electron chi connectivity index (χ1n) is 6.22. The highest BCUT2D eigenvalue weighted by molar-refractivity contribution is 6.59. The molecule has 1 fully saturated rings. The fraction of sp³-hybridized carbons (Fsp3) is 0.455. The molecule has 1 aromatic rings. The smallest absolute Gasteiger partial charge is 0.332 e. The van der Waals surface area contributed by atoms with Crippen LogP contribution in [0.25, 0.3) is 5.82 Å². The summed E-state index contributed by atoms with van der Waals surface area (Å²) < 4.78 is 0.945. The average Bonchev–Trinajstić information content (AvgIpc) is 2.98. The van der Waals surface area contributed by atoms with E-state index in [-0.39, 0.29) is 21.0 Å². The van der Waals surface area contributed by atoms with Crippen molar-refractivity contribution >= 4 is 40.6 Å². The Labute approximate surface area is 135 Å². The van der Waals surface area contributed by atoms with E-state index in [2.05, 4.69) is 10.1 Å². The highest BCUT2D eigenvalue weighted by Gasteiger charge is 2.31. The Morgan fingerprint density at radius 2 is 1.86 bits per heavy atom. The Bertz CT molecular complexity index is 575. The van der Waals surface area contributed by atoms with E-state index in [9.17, 15) is 10.1 Å². The molecule has 0 aliphatic carbocycles. The van der Waals surface area contributed by atoms with Gasteiger partial charge >= 0.3 is 5.70 Å². The first-order valence-corrected chi connectivity index (χ1v) is 7.35. The molecule has 0 bridgehead atoms. The predicted molar refractivity (Wildman–Crippen MR) is 80.2 cm³/mol. The third-order valence-electron chi connectivity index (χ3n) is 3.06. The van der Waals surface area contributed by atoms with Crippen LogP contribution in [0, 0.1) is 10.1 Å². The van der Waals surface area contributed by atoms with Gasteiger partial charge in [0.15, 0.2) is 5.03 Å². The number of piperidine rings is 1. The number of allylic oxidation sites excluding steroid dienone is 1. The van der Waals surface area contributed by atoms with Crippen molar-refractivity contribution in [1.82, 2.24) is 19.7 Å². The molecule has 0 N–H and O–H groups in total. The molecule has 1 aliphatic rings. The van der Waals surface area contributed by atoms with Gasteiger partial charge in [-0.25, -0.2) is 4.98 Å². The fourth-order valence-corrected chi connectivity index (χ4v) is 2.51. The Hall–Kier alpha value is -1.31. The van der Waals surface area contributed by atoms with Gasteiger partial charge < -0.3 is 4.90 Å². The van der Waals surface area contributed by atoms with E-state index < -0.39 is 4.92 Å². The molecular weight excluding hydrogens is 341 g/mol. The summed E-state index contributed by atoms with van der Waals surface area (Å²) in [6, 6.07) is 0. The second-order valence-electron chi connectivity index (χ2n) is 4.39. The molecule has 0 unspecified atom stereocenters.